The Morgan fingerprint density at radius 3 is 2.79 bits per heavy atom. The van der Waals surface area contributed by atoms with Crippen molar-refractivity contribution in [3.05, 3.63) is 66.2 Å². The summed E-state index contributed by atoms with van der Waals surface area (Å²) in [5, 5.41) is 12.8. The zero-order valence-corrected chi connectivity index (χ0v) is 10.8. The molecule has 3 heteroatoms. The largest absolute Gasteiger partial charge is 0.380 e. The van der Waals surface area contributed by atoms with Crippen LogP contribution in [0.25, 0.3) is 10.8 Å². The Hall–Kier alpha value is -2.13. The Kier molecular flexibility index (Phi) is 3.05. The maximum atomic E-state index is 10.6. The van der Waals surface area contributed by atoms with E-state index in [0.717, 1.165) is 22.9 Å². The van der Waals surface area contributed by atoms with Gasteiger partial charge in [-0.05, 0) is 23.3 Å². The molecule has 19 heavy (non-hydrogen) atoms. The van der Waals surface area contributed by atoms with Crippen LogP contribution in [0.1, 0.15) is 24.4 Å². The molecular weight excluding hydrogens is 236 g/mol. The van der Waals surface area contributed by atoms with Crippen molar-refractivity contribution in [3.8, 4) is 0 Å². The van der Waals surface area contributed by atoms with Gasteiger partial charge in [-0.2, -0.15) is 0 Å². The lowest BCUT2D eigenvalue weighted by Crippen LogP contribution is -2.09. The fraction of sp³-hybridized carbons (Fsp3) is 0.188. The van der Waals surface area contributed by atoms with Gasteiger partial charge in [-0.15, -0.1) is 0 Å². The van der Waals surface area contributed by atoms with Crippen molar-refractivity contribution in [2.75, 3.05) is 0 Å². The molecular formula is C16H16N2O. The van der Waals surface area contributed by atoms with Crippen molar-refractivity contribution in [3.63, 3.8) is 0 Å². The molecule has 1 N–H and O–H groups in total. The lowest BCUT2D eigenvalue weighted by Gasteiger charge is -2.14. The minimum absolute atomic E-state index is 0.693. The third-order valence-corrected chi connectivity index (χ3v) is 3.45. The van der Waals surface area contributed by atoms with Crippen LogP contribution >= 0.6 is 0 Å². The van der Waals surface area contributed by atoms with E-state index < -0.39 is 6.10 Å². The number of imidazole rings is 1. The maximum Gasteiger partial charge on any atom is 0.142 e. The molecule has 0 bridgehead atoms. The summed E-state index contributed by atoms with van der Waals surface area (Å²) in [6, 6.07) is 14.1. The summed E-state index contributed by atoms with van der Waals surface area (Å²) >= 11 is 0. The maximum absolute atomic E-state index is 10.6. The smallest absolute Gasteiger partial charge is 0.142 e. The van der Waals surface area contributed by atoms with Gasteiger partial charge in [0.25, 0.3) is 0 Å². The van der Waals surface area contributed by atoms with Crippen LogP contribution in [-0.2, 0) is 6.54 Å². The van der Waals surface area contributed by atoms with Gasteiger partial charge in [-0.3, -0.25) is 0 Å². The average molecular weight is 252 g/mol. The van der Waals surface area contributed by atoms with Crippen molar-refractivity contribution in [1.29, 1.82) is 0 Å². The van der Waals surface area contributed by atoms with Gasteiger partial charge in [0.1, 0.15) is 11.9 Å². The standard InChI is InChI=1S/C16H16N2O/c1-2-18-11-10-17-16(18)15(19)14-9-5-7-12-6-3-4-8-13(12)14/h3-11,15,19H,2H2,1H3/t15-/m1/s1. The third-order valence-electron chi connectivity index (χ3n) is 3.45. The van der Waals surface area contributed by atoms with Crippen molar-refractivity contribution in [2.24, 2.45) is 0 Å². The van der Waals surface area contributed by atoms with Crippen LogP contribution in [0.15, 0.2) is 54.9 Å². The Morgan fingerprint density at radius 1 is 1.16 bits per heavy atom. The zero-order chi connectivity index (χ0) is 13.2. The van der Waals surface area contributed by atoms with Gasteiger partial charge >= 0.3 is 0 Å². The van der Waals surface area contributed by atoms with Crippen molar-refractivity contribution in [2.45, 2.75) is 19.6 Å². The second-order valence-corrected chi connectivity index (χ2v) is 4.54. The fourth-order valence-electron chi connectivity index (χ4n) is 2.46. The Labute approximate surface area is 112 Å². The van der Waals surface area contributed by atoms with E-state index in [9.17, 15) is 5.11 Å². The van der Waals surface area contributed by atoms with Crippen LogP contribution in [0, 0.1) is 0 Å². The second-order valence-electron chi connectivity index (χ2n) is 4.54. The van der Waals surface area contributed by atoms with E-state index >= 15 is 0 Å². The Morgan fingerprint density at radius 2 is 1.95 bits per heavy atom. The van der Waals surface area contributed by atoms with Crippen LogP contribution in [-0.4, -0.2) is 14.7 Å². The first-order valence-electron chi connectivity index (χ1n) is 6.48. The molecule has 0 saturated carbocycles. The predicted molar refractivity (Wildman–Crippen MR) is 75.9 cm³/mol. The monoisotopic (exact) mass is 252 g/mol. The highest BCUT2D eigenvalue weighted by atomic mass is 16.3. The third kappa shape index (κ3) is 2.02. The zero-order valence-electron chi connectivity index (χ0n) is 10.8. The van der Waals surface area contributed by atoms with Gasteiger partial charge in [-0.25, -0.2) is 4.98 Å². The molecule has 0 amide bonds. The molecule has 1 atom stereocenters. The fourth-order valence-corrected chi connectivity index (χ4v) is 2.46. The van der Waals surface area contributed by atoms with Crippen LogP contribution in [0.5, 0.6) is 0 Å². The van der Waals surface area contributed by atoms with E-state index in [0.29, 0.717) is 5.82 Å². The lowest BCUT2D eigenvalue weighted by molar-refractivity contribution is 0.206. The van der Waals surface area contributed by atoms with Crippen LogP contribution in [0.3, 0.4) is 0 Å². The van der Waals surface area contributed by atoms with Crippen molar-refractivity contribution >= 4 is 10.8 Å². The number of aromatic nitrogens is 2. The number of aliphatic hydroxyl groups is 1. The summed E-state index contributed by atoms with van der Waals surface area (Å²) in [5.41, 5.74) is 0.902. The van der Waals surface area contributed by atoms with E-state index in [2.05, 4.69) is 17.1 Å². The first kappa shape index (κ1) is 11.9. The molecule has 3 rings (SSSR count). The predicted octanol–water partition coefficient (Wildman–Crippen LogP) is 3.14. The van der Waals surface area contributed by atoms with E-state index in [1.54, 1.807) is 6.20 Å². The number of fused-ring (bicyclic) bond motifs is 1. The molecule has 1 heterocycles. The number of nitrogens with zero attached hydrogens (tertiary/aromatic N) is 2. The number of rotatable bonds is 3. The first-order valence-corrected chi connectivity index (χ1v) is 6.48. The summed E-state index contributed by atoms with van der Waals surface area (Å²) in [7, 11) is 0. The Balaban J connectivity index is 2.14. The van der Waals surface area contributed by atoms with Gasteiger partial charge in [0.15, 0.2) is 0 Å². The normalized spacial score (nSPS) is 12.7. The molecule has 0 spiro atoms. The van der Waals surface area contributed by atoms with E-state index in [-0.39, 0.29) is 0 Å². The molecule has 0 fully saturated rings. The SMILES string of the molecule is CCn1ccnc1[C@H](O)c1cccc2ccccc12. The molecule has 2 aromatic carbocycles. The highest BCUT2D eigenvalue weighted by Crippen LogP contribution is 2.27. The summed E-state index contributed by atoms with van der Waals surface area (Å²) in [6.07, 6.45) is 2.93. The molecule has 0 aliphatic heterocycles. The molecule has 0 unspecified atom stereocenters. The number of aliphatic hydroxyl groups excluding tert-OH is 1. The minimum atomic E-state index is -0.693. The first-order chi connectivity index (χ1) is 9.31. The molecule has 1 aromatic heterocycles. The van der Waals surface area contributed by atoms with Gasteiger partial charge < -0.3 is 9.67 Å². The molecule has 0 saturated heterocycles. The second kappa shape index (κ2) is 4.86. The van der Waals surface area contributed by atoms with Gasteiger partial charge in [0.2, 0.25) is 0 Å². The summed E-state index contributed by atoms with van der Waals surface area (Å²) in [6.45, 7) is 2.85. The summed E-state index contributed by atoms with van der Waals surface area (Å²) in [5.74, 6) is 0.693. The molecule has 3 nitrogen and oxygen atoms in total. The topological polar surface area (TPSA) is 38.0 Å². The van der Waals surface area contributed by atoms with E-state index in [1.165, 1.54) is 0 Å². The van der Waals surface area contributed by atoms with Crippen LogP contribution in [0.4, 0.5) is 0 Å². The number of benzene rings is 2. The molecule has 3 aromatic rings. The molecule has 0 aliphatic rings. The molecule has 0 radical (unpaired) electrons. The van der Waals surface area contributed by atoms with Gasteiger partial charge in [-0.1, -0.05) is 42.5 Å². The number of hydrogen-bond acceptors (Lipinski definition) is 2. The summed E-state index contributed by atoms with van der Waals surface area (Å²) in [4.78, 5) is 4.28. The molecule has 0 aliphatic carbocycles. The van der Waals surface area contributed by atoms with Crippen molar-refractivity contribution < 1.29 is 5.11 Å². The highest BCUT2D eigenvalue weighted by molar-refractivity contribution is 5.86. The number of aryl methyl sites for hydroxylation is 1. The number of hydrogen-bond donors (Lipinski definition) is 1. The lowest BCUT2D eigenvalue weighted by atomic mass is 10.00. The Bertz CT molecular complexity index is 697. The van der Waals surface area contributed by atoms with Gasteiger partial charge in [0.05, 0.1) is 0 Å². The van der Waals surface area contributed by atoms with Crippen molar-refractivity contribution in [1.82, 2.24) is 9.55 Å². The summed E-state index contributed by atoms with van der Waals surface area (Å²) < 4.78 is 1.96. The minimum Gasteiger partial charge on any atom is -0.380 e. The van der Waals surface area contributed by atoms with Crippen LogP contribution < -0.4 is 0 Å². The van der Waals surface area contributed by atoms with Gasteiger partial charge in [0, 0.05) is 18.9 Å². The average Bonchev–Trinajstić information content (AvgIpc) is 2.94. The quantitative estimate of drug-likeness (QED) is 0.777. The van der Waals surface area contributed by atoms with Crippen LogP contribution in [0.2, 0.25) is 0 Å². The molecule has 96 valence electrons. The van der Waals surface area contributed by atoms with E-state index in [1.807, 2.05) is 48.0 Å². The van der Waals surface area contributed by atoms with E-state index in [4.69, 9.17) is 0 Å². The highest BCUT2D eigenvalue weighted by Gasteiger charge is 2.17.